The minimum absolute atomic E-state index is 0.579. The van der Waals surface area contributed by atoms with Crippen molar-refractivity contribution in [3.63, 3.8) is 0 Å². The monoisotopic (exact) mass is 287 g/mol. The molecular formula is C16H17NO2S. The van der Waals surface area contributed by atoms with Gasteiger partial charge in [-0.25, -0.2) is 0 Å². The predicted molar refractivity (Wildman–Crippen MR) is 81.9 cm³/mol. The highest BCUT2D eigenvalue weighted by molar-refractivity contribution is 7.99. The summed E-state index contributed by atoms with van der Waals surface area (Å²) in [5.74, 6) is 1.51. The van der Waals surface area contributed by atoms with Gasteiger partial charge in [-0.15, -0.1) is 0 Å². The zero-order chi connectivity index (χ0) is 14.1. The molecule has 0 bridgehead atoms. The Morgan fingerprint density at radius 3 is 2.40 bits per heavy atom. The Bertz CT molecular complexity index is 655. The average molecular weight is 287 g/mol. The Balaban J connectivity index is 1.96. The first kappa shape index (κ1) is 13.2. The lowest BCUT2D eigenvalue weighted by atomic mass is 10.2. The first-order valence-corrected chi connectivity index (χ1v) is 7.39. The van der Waals surface area contributed by atoms with Crippen LogP contribution in [-0.4, -0.2) is 13.2 Å². The minimum Gasteiger partial charge on any atom is -0.486 e. The van der Waals surface area contributed by atoms with Gasteiger partial charge in [0.2, 0.25) is 0 Å². The van der Waals surface area contributed by atoms with Crippen molar-refractivity contribution < 1.29 is 9.47 Å². The molecule has 3 rings (SSSR count). The van der Waals surface area contributed by atoms with E-state index in [1.165, 1.54) is 16.0 Å². The lowest BCUT2D eigenvalue weighted by Crippen LogP contribution is -2.15. The number of nitrogens with two attached hydrogens (primary N) is 1. The van der Waals surface area contributed by atoms with E-state index in [4.69, 9.17) is 15.2 Å². The van der Waals surface area contributed by atoms with Gasteiger partial charge in [0.25, 0.3) is 0 Å². The maximum atomic E-state index is 6.12. The van der Waals surface area contributed by atoms with Gasteiger partial charge >= 0.3 is 0 Å². The van der Waals surface area contributed by atoms with Gasteiger partial charge < -0.3 is 15.2 Å². The van der Waals surface area contributed by atoms with E-state index in [1.807, 2.05) is 12.1 Å². The largest absolute Gasteiger partial charge is 0.486 e. The fraction of sp³-hybridized carbons (Fsp3) is 0.250. The molecule has 1 heterocycles. The number of fused-ring (bicyclic) bond motifs is 1. The van der Waals surface area contributed by atoms with Gasteiger partial charge in [-0.2, -0.15) is 0 Å². The fourth-order valence-corrected chi connectivity index (χ4v) is 3.16. The summed E-state index contributed by atoms with van der Waals surface area (Å²) in [6, 6.07) is 10.2. The Morgan fingerprint density at radius 1 is 0.950 bits per heavy atom. The SMILES string of the molecule is Cc1ccc(C)c(Sc2cc3c(cc2N)OCCO3)c1. The summed E-state index contributed by atoms with van der Waals surface area (Å²) < 4.78 is 11.2. The van der Waals surface area contributed by atoms with Crippen LogP contribution in [0, 0.1) is 13.8 Å². The Kier molecular flexibility index (Phi) is 3.49. The number of anilines is 1. The second kappa shape index (κ2) is 5.29. The molecule has 20 heavy (non-hydrogen) atoms. The molecule has 0 aromatic heterocycles. The van der Waals surface area contributed by atoms with Gasteiger partial charge in [-0.1, -0.05) is 23.9 Å². The maximum absolute atomic E-state index is 6.12. The summed E-state index contributed by atoms with van der Waals surface area (Å²) >= 11 is 1.67. The smallest absolute Gasteiger partial charge is 0.163 e. The predicted octanol–water partition coefficient (Wildman–Crippen LogP) is 3.81. The van der Waals surface area contributed by atoms with E-state index >= 15 is 0 Å². The van der Waals surface area contributed by atoms with E-state index in [1.54, 1.807) is 11.8 Å². The normalized spacial score (nSPS) is 13.3. The molecule has 0 spiro atoms. The van der Waals surface area contributed by atoms with Gasteiger partial charge in [-0.3, -0.25) is 0 Å². The molecule has 0 saturated carbocycles. The van der Waals surface area contributed by atoms with Gasteiger partial charge in [0.1, 0.15) is 13.2 Å². The van der Waals surface area contributed by atoms with Crippen LogP contribution < -0.4 is 15.2 Å². The van der Waals surface area contributed by atoms with Crippen molar-refractivity contribution in [3.05, 3.63) is 41.5 Å². The fourth-order valence-electron chi connectivity index (χ4n) is 2.11. The number of benzene rings is 2. The molecule has 0 atom stereocenters. The third kappa shape index (κ3) is 2.56. The molecule has 0 saturated heterocycles. The molecule has 0 fully saturated rings. The highest BCUT2D eigenvalue weighted by Crippen LogP contribution is 2.41. The molecule has 2 aromatic carbocycles. The molecule has 0 aliphatic carbocycles. The second-order valence-electron chi connectivity index (χ2n) is 4.90. The summed E-state index contributed by atoms with van der Waals surface area (Å²) in [5, 5.41) is 0. The van der Waals surface area contributed by atoms with Crippen LogP contribution >= 0.6 is 11.8 Å². The lowest BCUT2D eigenvalue weighted by Gasteiger charge is -2.20. The van der Waals surface area contributed by atoms with Gasteiger partial charge in [0.05, 0.1) is 0 Å². The van der Waals surface area contributed by atoms with Crippen molar-refractivity contribution in [2.45, 2.75) is 23.6 Å². The highest BCUT2D eigenvalue weighted by atomic mass is 32.2. The average Bonchev–Trinajstić information content (AvgIpc) is 2.43. The van der Waals surface area contributed by atoms with Gasteiger partial charge in [-0.05, 0) is 31.0 Å². The van der Waals surface area contributed by atoms with Crippen LogP contribution in [0.25, 0.3) is 0 Å². The van der Waals surface area contributed by atoms with Crippen LogP contribution in [-0.2, 0) is 0 Å². The molecule has 2 N–H and O–H groups in total. The zero-order valence-electron chi connectivity index (χ0n) is 11.6. The minimum atomic E-state index is 0.579. The molecule has 4 heteroatoms. The van der Waals surface area contributed by atoms with Crippen LogP contribution in [0.5, 0.6) is 11.5 Å². The maximum Gasteiger partial charge on any atom is 0.163 e. The van der Waals surface area contributed by atoms with E-state index in [0.29, 0.717) is 13.2 Å². The molecular weight excluding hydrogens is 270 g/mol. The Morgan fingerprint density at radius 2 is 1.65 bits per heavy atom. The lowest BCUT2D eigenvalue weighted by molar-refractivity contribution is 0.171. The number of aryl methyl sites for hydroxylation is 2. The summed E-state index contributed by atoms with van der Waals surface area (Å²) in [4.78, 5) is 2.22. The number of hydrogen-bond acceptors (Lipinski definition) is 4. The highest BCUT2D eigenvalue weighted by Gasteiger charge is 2.15. The van der Waals surface area contributed by atoms with Crippen LogP contribution in [0.3, 0.4) is 0 Å². The summed E-state index contributed by atoms with van der Waals surface area (Å²) in [6.45, 7) is 5.37. The van der Waals surface area contributed by atoms with Crippen molar-refractivity contribution in [3.8, 4) is 11.5 Å². The number of ether oxygens (including phenoxy) is 2. The second-order valence-corrected chi connectivity index (χ2v) is 5.99. The molecule has 1 aliphatic rings. The molecule has 0 radical (unpaired) electrons. The first-order chi connectivity index (χ1) is 9.63. The molecule has 0 unspecified atom stereocenters. The quantitative estimate of drug-likeness (QED) is 0.853. The topological polar surface area (TPSA) is 44.5 Å². The van der Waals surface area contributed by atoms with Crippen LogP contribution in [0.4, 0.5) is 5.69 Å². The van der Waals surface area contributed by atoms with E-state index in [-0.39, 0.29) is 0 Å². The zero-order valence-corrected chi connectivity index (χ0v) is 12.4. The van der Waals surface area contributed by atoms with Crippen molar-refractivity contribution in [2.75, 3.05) is 18.9 Å². The van der Waals surface area contributed by atoms with E-state index in [9.17, 15) is 0 Å². The van der Waals surface area contributed by atoms with Crippen molar-refractivity contribution in [1.82, 2.24) is 0 Å². The van der Waals surface area contributed by atoms with E-state index < -0.39 is 0 Å². The van der Waals surface area contributed by atoms with Crippen LogP contribution in [0.1, 0.15) is 11.1 Å². The number of nitrogen functional groups attached to an aromatic ring is 1. The van der Waals surface area contributed by atoms with Crippen LogP contribution in [0.15, 0.2) is 40.1 Å². The van der Waals surface area contributed by atoms with Gasteiger partial charge in [0, 0.05) is 27.6 Å². The summed E-state index contributed by atoms with van der Waals surface area (Å²) in [7, 11) is 0. The van der Waals surface area contributed by atoms with Crippen molar-refractivity contribution in [2.24, 2.45) is 0 Å². The molecule has 2 aromatic rings. The third-order valence-electron chi connectivity index (χ3n) is 3.24. The molecule has 1 aliphatic heterocycles. The first-order valence-electron chi connectivity index (χ1n) is 6.58. The van der Waals surface area contributed by atoms with E-state index in [0.717, 1.165) is 22.1 Å². The van der Waals surface area contributed by atoms with Crippen molar-refractivity contribution in [1.29, 1.82) is 0 Å². The van der Waals surface area contributed by atoms with Crippen LogP contribution in [0.2, 0.25) is 0 Å². The number of hydrogen-bond donors (Lipinski definition) is 1. The van der Waals surface area contributed by atoms with Crippen molar-refractivity contribution >= 4 is 17.4 Å². The third-order valence-corrected chi connectivity index (χ3v) is 4.47. The van der Waals surface area contributed by atoms with E-state index in [2.05, 4.69) is 32.0 Å². The number of rotatable bonds is 2. The molecule has 3 nitrogen and oxygen atoms in total. The standard InChI is InChI=1S/C16H17NO2S/c1-10-3-4-11(2)15(7-10)20-16-9-14-13(8-12(16)17)18-5-6-19-14/h3-4,7-9H,5-6,17H2,1-2H3. The molecule has 0 amide bonds. The van der Waals surface area contributed by atoms with Gasteiger partial charge in [0.15, 0.2) is 11.5 Å². The molecule has 104 valence electrons. The summed E-state index contributed by atoms with van der Waals surface area (Å²) in [5.41, 5.74) is 9.34. The Labute approximate surface area is 123 Å². The Hall–Kier alpha value is -1.81. The summed E-state index contributed by atoms with van der Waals surface area (Å²) in [6.07, 6.45) is 0.